The van der Waals surface area contributed by atoms with Crippen LogP contribution in [-0.4, -0.2) is 17.4 Å². The first kappa shape index (κ1) is 10.3. The van der Waals surface area contributed by atoms with Gasteiger partial charge in [-0.1, -0.05) is 17.7 Å². The number of carbonyl (C=O) groups is 1. The van der Waals surface area contributed by atoms with Crippen LogP contribution in [0.4, 0.5) is 5.69 Å². The van der Waals surface area contributed by atoms with Gasteiger partial charge in [-0.05, 0) is 24.1 Å². The van der Waals surface area contributed by atoms with E-state index in [1.165, 1.54) is 0 Å². The molecule has 3 nitrogen and oxygen atoms in total. The van der Waals surface area contributed by atoms with Crippen molar-refractivity contribution in [1.82, 2.24) is 4.90 Å². The van der Waals surface area contributed by atoms with Crippen LogP contribution in [-0.2, 0) is 11.3 Å². The molecule has 4 heteroatoms. The molecular formula is C11H13ClN2O. The third kappa shape index (κ3) is 2.23. The largest absolute Gasteiger partial charge is 0.399 e. The molecule has 1 saturated heterocycles. The molecule has 1 aliphatic rings. The van der Waals surface area contributed by atoms with Crippen molar-refractivity contribution in [3.8, 4) is 0 Å². The third-order valence-corrected chi connectivity index (χ3v) is 2.96. The van der Waals surface area contributed by atoms with Crippen LogP contribution < -0.4 is 5.73 Å². The van der Waals surface area contributed by atoms with E-state index in [1.54, 1.807) is 6.07 Å². The standard InChI is InChI=1S/C11H13ClN2O/c12-10-6-9(13)4-3-8(10)7-14-5-1-2-11(14)15/h3-4,6H,1-2,5,7,13H2. The molecule has 1 aromatic carbocycles. The Morgan fingerprint density at radius 2 is 2.27 bits per heavy atom. The number of hydrogen-bond acceptors (Lipinski definition) is 2. The summed E-state index contributed by atoms with van der Waals surface area (Å²) in [4.78, 5) is 13.2. The number of halogens is 1. The Bertz CT molecular complexity index is 392. The van der Waals surface area contributed by atoms with Crippen molar-refractivity contribution in [2.75, 3.05) is 12.3 Å². The highest BCUT2D eigenvalue weighted by Crippen LogP contribution is 2.22. The monoisotopic (exact) mass is 224 g/mol. The number of nitrogen functional groups attached to an aromatic ring is 1. The third-order valence-electron chi connectivity index (χ3n) is 2.61. The lowest BCUT2D eigenvalue weighted by Gasteiger charge is -2.16. The number of rotatable bonds is 2. The van der Waals surface area contributed by atoms with Gasteiger partial charge < -0.3 is 10.6 Å². The molecule has 0 atom stereocenters. The van der Waals surface area contributed by atoms with E-state index in [-0.39, 0.29) is 5.91 Å². The minimum Gasteiger partial charge on any atom is -0.399 e. The van der Waals surface area contributed by atoms with Crippen molar-refractivity contribution < 1.29 is 4.79 Å². The average molecular weight is 225 g/mol. The van der Waals surface area contributed by atoms with Gasteiger partial charge in [-0.3, -0.25) is 4.79 Å². The van der Waals surface area contributed by atoms with Crippen molar-refractivity contribution in [1.29, 1.82) is 0 Å². The Labute approximate surface area is 93.8 Å². The minimum absolute atomic E-state index is 0.211. The van der Waals surface area contributed by atoms with E-state index in [9.17, 15) is 4.79 Å². The zero-order valence-corrected chi connectivity index (χ0v) is 9.13. The van der Waals surface area contributed by atoms with Gasteiger partial charge >= 0.3 is 0 Å². The van der Waals surface area contributed by atoms with E-state index in [0.29, 0.717) is 23.7 Å². The maximum Gasteiger partial charge on any atom is 0.222 e. The molecule has 1 heterocycles. The fourth-order valence-corrected chi connectivity index (χ4v) is 2.02. The normalized spacial score (nSPS) is 16.1. The van der Waals surface area contributed by atoms with Gasteiger partial charge in [0, 0.05) is 30.2 Å². The fraction of sp³-hybridized carbons (Fsp3) is 0.364. The van der Waals surface area contributed by atoms with Crippen molar-refractivity contribution in [3.05, 3.63) is 28.8 Å². The lowest BCUT2D eigenvalue weighted by atomic mass is 10.2. The lowest BCUT2D eigenvalue weighted by molar-refractivity contribution is -0.128. The Balaban J connectivity index is 2.13. The maximum atomic E-state index is 11.4. The molecular weight excluding hydrogens is 212 g/mol. The highest BCUT2D eigenvalue weighted by atomic mass is 35.5. The maximum absolute atomic E-state index is 11.4. The van der Waals surface area contributed by atoms with Crippen LogP contribution >= 0.6 is 11.6 Å². The smallest absolute Gasteiger partial charge is 0.222 e. The molecule has 80 valence electrons. The van der Waals surface area contributed by atoms with Gasteiger partial charge in [-0.2, -0.15) is 0 Å². The summed E-state index contributed by atoms with van der Waals surface area (Å²) in [6.07, 6.45) is 1.61. The second kappa shape index (κ2) is 4.11. The summed E-state index contributed by atoms with van der Waals surface area (Å²) in [7, 11) is 0. The van der Waals surface area contributed by atoms with Crippen LogP contribution in [0.15, 0.2) is 18.2 Å². The van der Waals surface area contributed by atoms with Crippen molar-refractivity contribution in [2.24, 2.45) is 0 Å². The summed E-state index contributed by atoms with van der Waals surface area (Å²) in [5, 5.41) is 0.634. The molecule has 0 bridgehead atoms. The number of nitrogens with two attached hydrogens (primary N) is 1. The summed E-state index contributed by atoms with van der Waals surface area (Å²) < 4.78 is 0. The number of carbonyl (C=O) groups excluding carboxylic acids is 1. The van der Waals surface area contributed by atoms with Crippen molar-refractivity contribution in [3.63, 3.8) is 0 Å². The zero-order valence-electron chi connectivity index (χ0n) is 8.37. The number of nitrogens with zero attached hydrogens (tertiary/aromatic N) is 1. The summed E-state index contributed by atoms with van der Waals surface area (Å²) in [5.74, 6) is 0.211. The molecule has 0 radical (unpaired) electrons. The topological polar surface area (TPSA) is 46.3 Å². The predicted octanol–water partition coefficient (Wildman–Crippen LogP) is 2.04. The van der Waals surface area contributed by atoms with Gasteiger partial charge in [0.2, 0.25) is 5.91 Å². The lowest BCUT2D eigenvalue weighted by Crippen LogP contribution is -2.23. The Morgan fingerprint density at radius 1 is 1.47 bits per heavy atom. The first-order chi connectivity index (χ1) is 7.16. The number of amides is 1. The van der Waals surface area contributed by atoms with Crippen LogP contribution in [0.5, 0.6) is 0 Å². The van der Waals surface area contributed by atoms with Gasteiger partial charge in [0.05, 0.1) is 0 Å². The first-order valence-electron chi connectivity index (χ1n) is 4.98. The molecule has 1 aromatic rings. The van der Waals surface area contributed by atoms with Gasteiger partial charge in [0.15, 0.2) is 0 Å². The molecule has 2 rings (SSSR count). The Hall–Kier alpha value is -1.22. The van der Waals surface area contributed by atoms with Gasteiger partial charge in [0.25, 0.3) is 0 Å². The number of benzene rings is 1. The number of likely N-dealkylation sites (tertiary alicyclic amines) is 1. The van der Waals surface area contributed by atoms with Crippen LogP contribution in [0.2, 0.25) is 5.02 Å². The quantitative estimate of drug-likeness (QED) is 0.782. The Kier molecular flexibility index (Phi) is 2.82. The van der Waals surface area contributed by atoms with Crippen molar-refractivity contribution in [2.45, 2.75) is 19.4 Å². The van der Waals surface area contributed by atoms with Gasteiger partial charge in [-0.15, -0.1) is 0 Å². The molecule has 2 N–H and O–H groups in total. The molecule has 0 spiro atoms. The van der Waals surface area contributed by atoms with E-state index in [2.05, 4.69) is 0 Å². The first-order valence-corrected chi connectivity index (χ1v) is 5.36. The molecule has 0 saturated carbocycles. The highest BCUT2D eigenvalue weighted by molar-refractivity contribution is 6.31. The van der Waals surface area contributed by atoms with E-state index in [1.807, 2.05) is 17.0 Å². The molecule has 1 amide bonds. The molecule has 0 unspecified atom stereocenters. The van der Waals surface area contributed by atoms with Crippen LogP contribution in [0.1, 0.15) is 18.4 Å². The summed E-state index contributed by atoms with van der Waals surface area (Å²) in [5.41, 5.74) is 7.21. The highest BCUT2D eigenvalue weighted by Gasteiger charge is 2.20. The predicted molar refractivity (Wildman–Crippen MR) is 60.5 cm³/mol. The van der Waals surface area contributed by atoms with Crippen LogP contribution in [0.3, 0.4) is 0 Å². The molecule has 0 aliphatic carbocycles. The van der Waals surface area contributed by atoms with Crippen LogP contribution in [0.25, 0.3) is 0 Å². The molecule has 15 heavy (non-hydrogen) atoms. The second-order valence-electron chi connectivity index (χ2n) is 3.77. The molecule has 1 aliphatic heterocycles. The van der Waals surface area contributed by atoms with E-state index in [0.717, 1.165) is 18.5 Å². The summed E-state index contributed by atoms with van der Waals surface area (Å²) in [6, 6.07) is 5.41. The van der Waals surface area contributed by atoms with E-state index < -0.39 is 0 Å². The SMILES string of the molecule is Nc1ccc(CN2CCCC2=O)c(Cl)c1. The molecule has 0 aromatic heterocycles. The zero-order chi connectivity index (χ0) is 10.8. The van der Waals surface area contributed by atoms with E-state index >= 15 is 0 Å². The summed E-state index contributed by atoms with van der Waals surface area (Å²) >= 11 is 6.04. The van der Waals surface area contributed by atoms with Gasteiger partial charge in [-0.25, -0.2) is 0 Å². The number of anilines is 1. The van der Waals surface area contributed by atoms with Crippen LogP contribution in [0, 0.1) is 0 Å². The minimum atomic E-state index is 0.211. The van der Waals surface area contributed by atoms with Crippen molar-refractivity contribution >= 4 is 23.2 Å². The van der Waals surface area contributed by atoms with Gasteiger partial charge in [0.1, 0.15) is 0 Å². The second-order valence-corrected chi connectivity index (χ2v) is 4.18. The number of hydrogen-bond donors (Lipinski definition) is 1. The molecule has 1 fully saturated rings. The fourth-order valence-electron chi connectivity index (χ4n) is 1.77. The van der Waals surface area contributed by atoms with E-state index in [4.69, 9.17) is 17.3 Å². The average Bonchev–Trinajstić information content (AvgIpc) is 2.57. The Morgan fingerprint density at radius 3 is 2.87 bits per heavy atom. The summed E-state index contributed by atoms with van der Waals surface area (Å²) in [6.45, 7) is 1.43.